The minimum atomic E-state index is -5.59. The fraction of sp³-hybridized carbons (Fsp3) is 0.200. The van der Waals surface area contributed by atoms with Crippen LogP contribution in [0.3, 0.4) is 0 Å². The van der Waals surface area contributed by atoms with E-state index in [4.69, 9.17) is 9.84 Å². The van der Waals surface area contributed by atoms with E-state index in [9.17, 15) is 63.1 Å². The molecule has 10 nitrogen and oxygen atoms in total. The Balaban J connectivity index is 0.000000296. The zero-order valence-electron chi connectivity index (χ0n) is 27.7. The molecule has 2 atom stereocenters. The van der Waals surface area contributed by atoms with Gasteiger partial charge in [0, 0.05) is 6.42 Å². The Hall–Kier alpha value is -6.34. The van der Waals surface area contributed by atoms with Crippen LogP contribution in [0, 0.1) is 34.9 Å². The summed E-state index contributed by atoms with van der Waals surface area (Å²) in [5.74, 6) is -21.9. The lowest BCUT2D eigenvalue weighted by atomic mass is 10.1. The number of rotatable bonds is 14. The van der Waals surface area contributed by atoms with Crippen LogP contribution in [0.5, 0.6) is 11.5 Å². The number of hydrogen-bond acceptors (Lipinski definition) is 7. The Labute approximate surface area is 303 Å². The van der Waals surface area contributed by atoms with Crippen LogP contribution in [0.15, 0.2) is 84.9 Å². The molecule has 0 aliphatic carbocycles. The number of carboxylic acids is 1. The first-order chi connectivity index (χ1) is 25.7. The zero-order chi connectivity index (χ0) is 41.1. The standard InChI is InChI=1S/C20H22N2O5.C15H4F10O3/c1-14(19(24)25)21-18(23)17(12-15-8-4-2-5-9-15)22-20(26)27-13-16-10-6-3-7-11-16;16-5-1-3-7(11(20)9(5)18)27-14(22,23)13(26)15(24,25)28-8-4-2-6(17)10(19)12(8)21/h2-11,14,17H,12-13H2,1H3,(H,21,23)(H,22,26)(H,24,25);1-4H/t14-,17-;/m0./s1. The van der Waals surface area contributed by atoms with Gasteiger partial charge in [0.1, 0.15) is 18.7 Å². The molecule has 0 radical (unpaired) electrons. The van der Waals surface area contributed by atoms with Gasteiger partial charge in [-0.15, -0.1) is 0 Å². The second-order valence-electron chi connectivity index (χ2n) is 10.9. The predicted molar refractivity (Wildman–Crippen MR) is 168 cm³/mol. The first-order valence-corrected chi connectivity index (χ1v) is 15.2. The molecule has 0 aromatic heterocycles. The van der Waals surface area contributed by atoms with Crippen molar-refractivity contribution in [2.45, 2.75) is 44.3 Å². The summed E-state index contributed by atoms with van der Waals surface area (Å²) in [5.41, 5.74) is 1.64. The van der Waals surface area contributed by atoms with Crippen LogP contribution in [-0.4, -0.2) is 53.2 Å². The Morgan fingerprint density at radius 3 is 1.51 bits per heavy atom. The zero-order valence-corrected chi connectivity index (χ0v) is 27.7. The molecule has 0 bridgehead atoms. The average Bonchev–Trinajstić information content (AvgIpc) is 3.14. The Kier molecular flexibility index (Phi) is 14.6. The van der Waals surface area contributed by atoms with E-state index in [1.165, 1.54) is 6.92 Å². The number of alkyl halides is 4. The molecule has 55 heavy (non-hydrogen) atoms. The van der Waals surface area contributed by atoms with Crippen molar-refractivity contribution in [1.29, 1.82) is 0 Å². The third-order valence-corrected chi connectivity index (χ3v) is 6.84. The normalized spacial score (nSPS) is 12.3. The highest BCUT2D eigenvalue weighted by molar-refractivity contribution is 5.90. The molecule has 0 saturated carbocycles. The molecule has 4 aromatic carbocycles. The van der Waals surface area contributed by atoms with Gasteiger partial charge in [-0.1, -0.05) is 60.7 Å². The quantitative estimate of drug-likeness (QED) is 0.0932. The largest absolute Gasteiger partial charge is 0.480 e. The summed E-state index contributed by atoms with van der Waals surface area (Å²) in [7, 11) is 0. The van der Waals surface area contributed by atoms with Crippen molar-refractivity contribution in [3.63, 3.8) is 0 Å². The summed E-state index contributed by atoms with van der Waals surface area (Å²) in [4.78, 5) is 46.8. The number of halogens is 10. The van der Waals surface area contributed by atoms with E-state index in [2.05, 4.69) is 20.1 Å². The van der Waals surface area contributed by atoms with Gasteiger partial charge in [0.05, 0.1) is 0 Å². The maximum Gasteiger partial charge on any atom is 0.471 e. The number of nitrogens with one attached hydrogen (secondary N) is 2. The van der Waals surface area contributed by atoms with E-state index in [0.717, 1.165) is 11.1 Å². The number of ether oxygens (including phenoxy) is 3. The smallest absolute Gasteiger partial charge is 0.471 e. The van der Waals surface area contributed by atoms with E-state index in [1.807, 2.05) is 60.7 Å². The molecular formula is C35H26F10N2O8. The molecule has 2 amide bonds. The highest BCUT2D eigenvalue weighted by Crippen LogP contribution is 2.35. The van der Waals surface area contributed by atoms with Crippen molar-refractivity contribution in [3.05, 3.63) is 131 Å². The maximum absolute atomic E-state index is 13.6. The lowest BCUT2D eigenvalue weighted by Gasteiger charge is -2.22. The number of hydrogen-bond donors (Lipinski definition) is 3. The first-order valence-electron chi connectivity index (χ1n) is 15.2. The van der Waals surface area contributed by atoms with Gasteiger partial charge in [0.15, 0.2) is 34.8 Å². The second kappa shape index (κ2) is 18.6. The van der Waals surface area contributed by atoms with E-state index >= 15 is 0 Å². The highest BCUT2D eigenvalue weighted by atomic mass is 19.3. The molecular weight excluding hydrogens is 766 g/mol. The van der Waals surface area contributed by atoms with Crippen molar-refractivity contribution in [3.8, 4) is 11.5 Å². The van der Waals surface area contributed by atoms with Crippen LogP contribution in [0.4, 0.5) is 48.7 Å². The molecule has 0 saturated heterocycles. The summed E-state index contributed by atoms with van der Waals surface area (Å²) in [5, 5.41) is 13.9. The van der Waals surface area contributed by atoms with Crippen molar-refractivity contribution in [2.24, 2.45) is 0 Å². The monoisotopic (exact) mass is 792 g/mol. The summed E-state index contributed by atoms with van der Waals surface area (Å²) in [6.07, 6.45) is -11.7. The molecule has 0 aliphatic heterocycles. The van der Waals surface area contributed by atoms with Gasteiger partial charge in [-0.3, -0.25) is 14.4 Å². The number of Topliss-reactive ketones (excluding diaryl/α,β-unsaturated/α-hetero) is 1. The van der Waals surface area contributed by atoms with Crippen LogP contribution in [0.25, 0.3) is 0 Å². The van der Waals surface area contributed by atoms with Gasteiger partial charge in [-0.05, 0) is 42.3 Å². The number of amides is 2. The molecule has 20 heteroatoms. The lowest BCUT2D eigenvalue weighted by molar-refractivity contribution is -0.243. The number of ketones is 1. The van der Waals surface area contributed by atoms with Gasteiger partial charge >= 0.3 is 30.1 Å². The number of alkyl carbamates (subject to hydrolysis) is 1. The minimum Gasteiger partial charge on any atom is -0.480 e. The molecule has 0 spiro atoms. The Bertz CT molecular complexity index is 1920. The van der Waals surface area contributed by atoms with Crippen LogP contribution < -0.4 is 20.1 Å². The third kappa shape index (κ3) is 12.1. The van der Waals surface area contributed by atoms with Crippen molar-refractivity contribution >= 4 is 23.8 Å². The third-order valence-electron chi connectivity index (χ3n) is 6.84. The minimum absolute atomic E-state index is 0.0673. The van der Waals surface area contributed by atoms with Crippen LogP contribution >= 0.6 is 0 Å². The summed E-state index contributed by atoms with van der Waals surface area (Å²) in [6.45, 7) is 1.42. The number of carboxylic acid groups (broad SMARTS) is 1. The van der Waals surface area contributed by atoms with E-state index in [-0.39, 0.29) is 37.3 Å². The van der Waals surface area contributed by atoms with Gasteiger partial charge in [0.2, 0.25) is 17.5 Å². The van der Waals surface area contributed by atoms with Gasteiger partial charge in [-0.2, -0.15) is 26.3 Å². The van der Waals surface area contributed by atoms with Gasteiger partial charge in [0.25, 0.3) is 0 Å². The summed E-state index contributed by atoms with van der Waals surface area (Å²) < 4.78 is 144. The van der Waals surface area contributed by atoms with Crippen molar-refractivity contribution in [1.82, 2.24) is 10.6 Å². The van der Waals surface area contributed by atoms with Crippen LogP contribution in [0.2, 0.25) is 0 Å². The van der Waals surface area contributed by atoms with Gasteiger partial charge < -0.3 is 30.0 Å². The molecule has 294 valence electrons. The van der Waals surface area contributed by atoms with E-state index in [0.29, 0.717) is 0 Å². The Morgan fingerprint density at radius 1 is 0.636 bits per heavy atom. The van der Waals surface area contributed by atoms with Gasteiger partial charge in [-0.25, -0.2) is 22.4 Å². The second-order valence-corrected chi connectivity index (χ2v) is 10.9. The number of carbonyl (C=O) groups excluding carboxylic acids is 3. The molecule has 0 unspecified atom stereocenters. The van der Waals surface area contributed by atoms with Crippen molar-refractivity contribution < 1.29 is 82.4 Å². The molecule has 4 rings (SSSR count). The predicted octanol–water partition coefficient (Wildman–Crippen LogP) is 6.85. The number of carbonyl (C=O) groups is 4. The highest BCUT2D eigenvalue weighted by Gasteiger charge is 2.60. The molecule has 3 N–H and O–H groups in total. The Morgan fingerprint density at radius 2 is 1.07 bits per heavy atom. The summed E-state index contributed by atoms with van der Waals surface area (Å²) >= 11 is 0. The average molecular weight is 793 g/mol. The van der Waals surface area contributed by atoms with E-state index < -0.39 is 94.5 Å². The fourth-order valence-corrected chi connectivity index (χ4v) is 4.05. The number of benzene rings is 4. The fourth-order valence-electron chi connectivity index (χ4n) is 4.05. The molecule has 4 aromatic rings. The molecule has 0 fully saturated rings. The molecule has 0 aliphatic rings. The summed E-state index contributed by atoms with van der Waals surface area (Å²) in [6, 6.07) is 16.6. The lowest BCUT2D eigenvalue weighted by Crippen LogP contribution is -2.51. The number of aliphatic carboxylic acids is 1. The maximum atomic E-state index is 13.6. The molecule has 0 heterocycles. The van der Waals surface area contributed by atoms with Crippen molar-refractivity contribution in [2.75, 3.05) is 0 Å². The van der Waals surface area contributed by atoms with Crippen LogP contribution in [0.1, 0.15) is 18.1 Å². The van der Waals surface area contributed by atoms with Crippen LogP contribution in [-0.2, 0) is 32.1 Å². The first kappa shape index (κ1) is 43.1. The topological polar surface area (TPSA) is 140 Å². The van der Waals surface area contributed by atoms with E-state index in [1.54, 1.807) is 0 Å². The SMILES string of the molecule is C[C@H](NC(=O)[C@H](Cc1ccccc1)NC(=O)OCc1ccccc1)C(=O)O.O=C(C(F)(F)Oc1ccc(F)c(F)c1F)C(F)(F)Oc1ccc(F)c(F)c1F.